The number of hydrogen-bond donors (Lipinski definition) is 2. The third-order valence-electron chi connectivity index (χ3n) is 4.47. The molecule has 1 atom stereocenters. The smallest absolute Gasteiger partial charge is 0.224 e. The quantitative estimate of drug-likeness (QED) is 0.877. The van der Waals surface area contributed by atoms with Crippen molar-refractivity contribution in [3.63, 3.8) is 0 Å². The summed E-state index contributed by atoms with van der Waals surface area (Å²) in [6.07, 6.45) is 2.94. The number of nitrogens with zero attached hydrogens (tertiary/aromatic N) is 3. The molecule has 3 N–H and O–H groups in total. The van der Waals surface area contributed by atoms with E-state index in [2.05, 4.69) is 27.1 Å². The van der Waals surface area contributed by atoms with Gasteiger partial charge >= 0.3 is 0 Å². The Balaban J connectivity index is 1.68. The Kier molecular flexibility index (Phi) is 5.25. The van der Waals surface area contributed by atoms with Crippen LogP contribution in [0.4, 0.5) is 5.82 Å². The van der Waals surface area contributed by atoms with Crippen LogP contribution in [0.15, 0.2) is 24.3 Å². The van der Waals surface area contributed by atoms with Gasteiger partial charge in [-0.15, -0.1) is 0 Å². The molecular weight excluding hydrogens is 302 g/mol. The Bertz CT molecular complexity index is 718. The number of nitrogen functional groups attached to an aromatic ring is 1. The standard InChI is InChI=1S/C18H25N5O/c1-2-9-20-18(24)13-6-5-10-23(11-13)12-16-21-15-8-4-3-7-14(15)17(19)22-16/h3-4,7-8,13H,2,5-6,9-12H2,1H3,(H,20,24)(H2,19,21,22). The maximum absolute atomic E-state index is 12.2. The molecule has 1 aromatic carbocycles. The minimum absolute atomic E-state index is 0.0584. The first kappa shape index (κ1) is 16.6. The van der Waals surface area contributed by atoms with Gasteiger partial charge < -0.3 is 11.1 Å². The van der Waals surface area contributed by atoms with Gasteiger partial charge in [-0.3, -0.25) is 9.69 Å². The largest absolute Gasteiger partial charge is 0.383 e. The molecule has 1 aliphatic rings. The lowest BCUT2D eigenvalue weighted by molar-refractivity contribution is -0.126. The average Bonchev–Trinajstić information content (AvgIpc) is 2.60. The van der Waals surface area contributed by atoms with Gasteiger partial charge in [0, 0.05) is 18.5 Å². The van der Waals surface area contributed by atoms with Crippen LogP contribution < -0.4 is 11.1 Å². The van der Waals surface area contributed by atoms with E-state index in [1.165, 1.54) is 0 Å². The molecule has 1 aliphatic heterocycles. The average molecular weight is 327 g/mol. The van der Waals surface area contributed by atoms with Gasteiger partial charge in [0.15, 0.2) is 0 Å². The SMILES string of the molecule is CCCNC(=O)C1CCCN(Cc2nc(N)c3ccccc3n2)C1. The maximum atomic E-state index is 12.2. The van der Waals surface area contributed by atoms with Crippen molar-refractivity contribution < 1.29 is 4.79 Å². The van der Waals surface area contributed by atoms with E-state index in [9.17, 15) is 4.79 Å². The van der Waals surface area contributed by atoms with Crippen LogP contribution in [0.25, 0.3) is 10.9 Å². The van der Waals surface area contributed by atoms with Crippen molar-refractivity contribution >= 4 is 22.6 Å². The summed E-state index contributed by atoms with van der Waals surface area (Å²) in [5.74, 6) is 1.47. The van der Waals surface area contributed by atoms with Crippen molar-refractivity contribution in [3.05, 3.63) is 30.1 Å². The van der Waals surface area contributed by atoms with Crippen molar-refractivity contribution in [2.45, 2.75) is 32.7 Å². The van der Waals surface area contributed by atoms with Gasteiger partial charge in [0.25, 0.3) is 0 Å². The fourth-order valence-corrected chi connectivity index (χ4v) is 3.23. The molecule has 2 aromatic rings. The first-order chi connectivity index (χ1) is 11.7. The van der Waals surface area contributed by atoms with Crippen LogP contribution in [0.5, 0.6) is 0 Å². The summed E-state index contributed by atoms with van der Waals surface area (Å²) in [7, 11) is 0. The number of amides is 1. The predicted molar refractivity (Wildman–Crippen MR) is 95.3 cm³/mol. The second kappa shape index (κ2) is 7.57. The van der Waals surface area contributed by atoms with E-state index in [4.69, 9.17) is 5.73 Å². The van der Waals surface area contributed by atoms with Gasteiger partial charge in [-0.25, -0.2) is 9.97 Å². The summed E-state index contributed by atoms with van der Waals surface area (Å²) in [6.45, 7) is 5.17. The highest BCUT2D eigenvalue weighted by Gasteiger charge is 2.26. The molecule has 6 heteroatoms. The summed E-state index contributed by atoms with van der Waals surface area (Å²) in [5.41, 5.74) is 6.93. The number of nitrogens with two attached hydrogens (primary N) is 1. The summed E-state index contributed by atoms with van der Waals surface area (Å²) >= 11 is 0. The lowest BCUT2D eigenvalue weighted by Crippen LogP contribution is -2.43. The number of nitrogens with one attached hydrogen (secondary N) is 1. The Morgan fingerprint density at radius 1 is 1.38 bits per heavy atom. The molecule has 0 bridgehead atoms. The number of fused-ring (bicyclic) bond motifs is 1. The highest BCUT2D eigenvalue weighted by Crippen LogP contribution is 2.21. The third kappa shape index (κ3) is 3.82. The molecule has 1 fully saturated rings. The van der Waals surface area contributed by atoms with Crippen molar-refractivity contribution in [2.75, 3.05) is 25.4 Å². The first-order valence-electron chi connectivity index (χ1n) is 8.68. The van der Waals surface area contributed by atoms with Crippen molar-refractivity contribution in [1.82, 2.24) is 20.2 Å². The number of piperidine rings is 1. The molecule has 1 aromatic heterocycles. The molecule has 0 spiro atoms. The zero-order valence-electron chi connectivity index (χ0n) is 14.2. The number of anilines is 1. The van der Waals surface area contributed by atoms with Crippen molar-refractivity contribution in [1.29, 1.82) is 0 Å². The second-order valence-corrected chi connectivity index (χ2v) is 6.41. The fraction of sp³-hybridized carbons (Fsp3) is 0.500. The van der Waals surface area contributed by atoms with Crippen LogP contribution in [-0.4, -0.2) is 40.4 Å². The Labute approximate surface area is 142 Å². The topological polar surface area (TPSA) is 84.1 Å². The summed E-state index contributed by atoms with van der Waals surface area (Å²) in [4.78, 5) is 23.5. The van der Waals surface area contributed by atoms with Crippen LogP contribution >= 0.6 is 0 Å². The van der Waals surface area contributed by atoms with Gasteiger partial charge in [-0.1, -0.05) is 19.1 Å². The van der Waals surface area contributed by atoms with Gasteiger partial charge in [0.05, 0.1) is 18.0 Å². The highest BCUT2D eigenvalue weighted by atomic mass is 16.1. The summed E-state index contributed by atoms with van der Waals surface area (Å²) in [6, 6.07) is 7.77. The normalized spacial score (nSPS) is 18.6. The summed E-state index contributed by atoms with van der Waals surface area (Å²) < 4.78 is 0. The molecule has 1 amide bonds. The van der Waals surface area contributed by atoms with Crippen LogP contribution in [-0.2, 0) is 11.3 Å². The molecular formula is C18H25N5O. The van der Waals surface area contributed by atoms with Crippen LogP contribution in [0.3, 0.4) is 0 Å². The molecule has 1 saturated heterocycles. The third-order valence-corrected chi connectivity index (χ3v) is 4.47. The minimum Gasteiger partial charge on any atom is -0.383 e. The zero-order chi connectivity index (χ0) is 16.9. The van der Waals surface area contributed by atoms with E-state index < -0.39 is 0 Å². The molecule has 6 nitrogen and oxygen atoms in total. The van der Waals surface area contributed by atoms with Crippen molar-refractivity contribution in [3.8, 4) is 0 Å². The molecule has 0 saturated carbocycles. The molecule has 2 heterocycles. The minimum atomic E-state index is 0.0584. The van der Waals surface area contributed by atoms with E-state index in [0.29, 0.717) is 12.4 Å². The first-order valence-corrected chi connectivity index (χ1v) is 8.68. The van der Waals surface area contributed by atoms with E-state index >= 15 is 0 Å². The van der Waals surface area contributed by atoms with E-state index in [-0.39, 0.29) is 11.8 Å². The number of likely N-dealkylation sites (tertiary alicyclic amines) is 1. The number of aromatic nitrogens is 2. The molecule has 128 valence electrons. The highest BCUT2D eigenvalue weighted by molar-refractivity contribution is 5.87. The van der Waals surface area contributed by atoms with E-state index in [1.807, 2.05) is 24.3 Å². The number of para-hydroxylation sites is 1. The fourth-order valence-electron chi connectivity index (χ4n) is 3.23. The van der Waals surface area contributed by atoms with Gasteiger partial charge in [0.2, 0.25) is 5.91 Å². The molecule has 24 heavy (non-hydrogen) atoms. The summed E-state index contributed by atoms with van der Waals surface area (Å²) in [5, 5.41) is 3.89. The molecule has 0 radical (unpaired) electrons. The van der Waals surface area contributed by atoms with Gasteiger partial charge in [-0.2, -0.15) is 0 Å². The second-order valence-electron chi connectivity index (χ2n) is 6.41. The lowest BCUT2D eigenvalue weighted by Gasteiger charge is -2.31. The predicted octanol–water partition coefficient (Wildman–Crippen LogP) is 1.95. The van der Waals surface area contributed by atoms with Crippen molar-refractivity contribution in [2.24, 2.45) is 5.92 Å². The van der Waals surface area contributed by atoms with Gasteiger partial charge in [0.1, 0.15) is 11.6 Å². The van der Waals surface area contributed by atoms with Crippen LogP contribution in [0, 0.1) is 5.92 Å². The monoisotopic (exact) mass is 327 g/mol. The number of benzene rings is 1. The Hall–Kier alpha value is -2.21. The van der Waals surface area contributed by atoms with E-state index in [1.54, 1.807) is 0 Å². The van der Waals surface area contributed by atoms with Crippen LogP contribution in [0.1, 0.15) is 32.0 Å². The molecule has 0 aliphatic carbocycles. The van der Waals surface area contributed by atoms with Crippen LogP contribution in [0.2, 0.25) is 0 Å². The zero-order valence-corrected chi connectivity index (χ0v) is 14.2. The number of rotatable bonds is 5. The van der Waals surface area contributed by atoms with E-state index in [0.717, 1.165) is 55.6 Å². The Morgan fingerprint density at radius 3 is 3.04 bits per heavy atom. The molecule has 3 rings (SSSR count). The number of hydrogen-bond acceptors (Lipinski definition) is 5. The number of carbonyl (C=O) groups is 1. The number of carbonyl (C=O) groups excluding carboxylic acids is 1. The van der Waals surface area contributed by atoms with Gasteiger partial charge in [-0.05, 0) is 37.9 Å². The maximum Gasteiger partial charge on any atom is 0.224 e. The lowest BCUT2D eigenvalue weighted by atomic mass is 9.97. The Morgan fingerprint density at radius 2 is 2.21 bits per heavy atom. The molecule has 1 unspecified atom stereocenters.